The lowest BCUT2D eigenvalue weighted by molar-refractivity contribution is -0.139. The highest BCUT2D eigenvalue weighted by Crippen LogP contribution is 2.41. The summed E-state index contributed by atoms with van der Waals surface area (Å²) in [5, 5.41) is 3.03. The molecule has 1 unspecified atom stereocenters. The molecule has 1 atom stereocenters. The molecule has 0 saturated carbocycles. The van der Waals surface area contributed by atoms with Crippen LogP contribution in [-0.2, 0) is 19.1 Å². The van der Waals surface area contributed by atoms with Gasteiger partial charge in [-0.1, -0.05) is 17.7 Å². The number of hydrogen-bond acceptors (Lipinski definition) is 4. The van der Waals surface area contributed by atoms with Crippen LogP contribution in [0.15, 0.2) is 17.9 Å². The van der Waals surface area contributed by atoms with E-state index in [1.165, 1.54) is 6.92 Å². The lowest BCUT2D eigenvalue weighted by Crippen LogP contribution is -2.51. The molecular formula is C19H23NO4. The van der Waals surface area contributed by atoms with Crippen LogP contribution in [0.1, 0.15) is 42.0 Å². The van der Waals surface area contributed by atoms with Gasteiger partial charge in [-0.3, -0.25) is 9.59 Å². The van der Waals surface area contributed by atoms with Gasteiger partial charge in [-0.15, -0.1) is 0 Å². The Bertz CT molecular complexity index is 719. The van der Waals surface area contributed by atoms with E-state index in [4.69, 9.17) is 9.47 Å². The van der Waals surface area contributed by atoms with Crippen LogP contribution in [0.4, 0.5) is 0 Å². The summed E-state index contributed by atoms with van der Waals surface area (Å²) in [6, 6.07) is 4.08. The zero-order valence-electron chi connectivity index (χ0n) is 14.6. The molecule has 2 aliphatic rings. The minimum Gasteiger partial charge on any atom is -0.428 e. The molecule has 1 spiro atoms. The maximum Gasteiger partial charge on any atom is 0.307 e. The van der Waals surface area contributed by atoms with Gasteiger partial charge in [0.05, 0.1) is 12.2 Å². The lowest BCUT2D eigenvalue weighted by atomic mass is 9.87. The average molecular weight is 329 g/mol. The van der Waals surface area contributed by atoms with E-state index in [0.29, 0.717) is 31.0 Å². The molecule has 1 saturated heterocycles. The average Bonchev–Trinajstić information content (AvgIpc) is 2.71. The van der Waals surface area contributed by atoms with Gasteiger partial charge in [0.1, 0.15) is 11.3 Å². The number of aryl methyl sites for hydroxylation is 3. The summed E-state index contributed by atoms with van der Waals surface area (Å²) < 4.78 is 11.2. The Morgan fingerprint density at radius 1 is 1.25 bits per heavy atom. The molecule has 3 rings (SSSR count). The third kappa shape index (κ3) is 2.73. The normalized spacial score (nSPS) is 23.6. The first-order valence-corrected chi connectivity index (χ1v) is 8.26. The summed E-state index contributed by atoms with van der Waals surface area (Å²) in [7, 11) is 0. The van der Waals surface area contributed by atoms with E-state index in [9.17, 15) is 9.59 Å². The fraction of sp³-hybridized carbons (Fsp3) is 0.474. The van der Waals surface area contributed by atoms with Crippen molar-refractivity contribution < 1.29 is 19.1 Å². The van der Waals surface area contributed by atoms with Crippen molar-refractivity contribution in [2.45, 2.75) is 46.1 Å². The molecule has 0 aliphatic carbocycles. The predicted octanol–water partition coefficient (Wildman–Crippen LogP) is 2.57. The molecule has 2 heterocycles. The fourth-order valence-corrected chi connectivity index (χ4v) is 3.85. The lowest BCUT2D eigenvalue weighted by Gasteiger charge is -2.34. The number of carbonyl (C=O) groups is 2. The van der Waals surface area contributed by atoms with Crippen molar-refractivity contribution in [2.24, 2.45) is 0 Å². The van der Waals surface area contributed by atoms with Gasteiger partial charge >= 0.3 is 5.97 Å². The number of carbonyl (C=O) groups excluding carboxylic acids is 2. The Hall–Kier alpha value is -2.14. The van der Waals surface area contributed by atoms with Crippen molar-refractivity contribution in [2.75, 3.05) is 13.2 Å². The molecule has 5 nitrogen and oxygen atoms in total. The van der Waals surface area contributed by atoms with Crippen LogP contribution in [0, 0.1) is 20.8 Å². The summed E-state index contributed by atoms with van der Waals surface area (Å²) in [6.45, 7) is 8.32. The fourth-order valence-electron chi connectivity index (χ4n) is 3.85. The first-order valence-electron chi connectivity index (χ1n) is 8.26. The number of rotatable bonds is 2. The summed E-state index contributed by atoms with van der Waals surface area (Å²) in [4.78, 5) is 24.5. The molecular weight excluding hydrogens is 306 g/mol. The molecule has 1 aromatic rings. The van der Waals surface area contributed by atoms with Gasteiger partial charge in [0.2, 0.25) is 0 Å². The molecule has 1 amide bonds. The van der Waals surface area contributed by atoms with Gasteiger partial charge in [-0.25, -0.2) is 0 Å². The Morgan fingerprint density at radius 2 is 1.92 bits per heavy atom. The van der Waals surface area contributed by atoms with Crippen molar-refractivity contribution >= 4 is 17.4 Å². The Balaban J connectivity index is 2.22. The van der Waals surface area contributed by atoms with Crippen LogP contribution in [0.25, 0.3) is 5.57 Å². The largest absolute Gasteiger partial charge is 0.428 e. The molecule has 0 radical (unpaired) electrons. The van der Waals surface area contributed by atoms with Gasteiger partial charge in [-0.05, 0) is 50.3 Å². The van der Waals surface area contributed by atoms with E-state index in [0.717, 1.165) is 28.7 Å². The monoisotopic (exact) mass is 329 g/mol. The van der Waals surface area contributed by atoms with Crippen molar-refractivity contribution in [1.82, 2.24) is 5.32 Å². The standard InChI is InChI=1S/C19H23NO4/c1-11-8-12(2)15(13(3)9-11)16-17(24-14(4)21)19(20-18(16)22)6-5-7-23-10-19/h8-9H,5-7,10H2,1-4H3,(H,20,22). The molecule has 1 aromatic carbocycles. The van der Waals surface area contributed by atoms with E-state index in [1.54, 1.807) is 0 Å². The van der Waals surface area contributed by atoms with E-state index >= 15 is 0 Å². The Morgan fingerprint density at radius 3 is 2.46 bits per heavy atom. The highest BCUT2D eigenvalue weighted by atomic mass is 16.5. The van der Waals surface area contributed by atoms with Gasteiger partial charge in [0, 0.05) is 13.5 Å². The van der Waals surface area contributed by atoms with Gasteiger partial charge in [0.25, 0.3) is 5.91 Å². The van der Waals surface area contributed by atoms with Gasteiger partial charge < -0.3 is 14.8 Å². The Labute approximate surface area is 142 Å². The minimum absolute atomic E-state index is 0.202. The number of esters is 1. The van der Waals surface area contributed by atoms with Crippen molar-refractivity contribution in [1.29, 1.82) is 0 Å². The van der Waals surface area contributed by atoms with E-state index < -0.39 is 11.5 Å². The maximum atomic E-state index is 12.8. The third-order valence-electron chi connectivity index (χ3n) is 4.66. The summed E-state index contributed by atoms with van der Waals surface area (Å²) in [6.07, 6.45) is 1.51. The SMILES string of the molecule is CC(=O)OC1=C(c2c(C)cc(C)cc2C)C(=O)NC12CCCOC2. The zero-order valence-corrected chi connectivity index (χ0v) is 14.6. The second kappa shape index (κ2) is 6.06. The van der Waals surface area contributed by atoms with Crippen molar-refractivity contribution in [3.63, 3.8) is 0 Å². The first kappa shape index (κ1) is 16.7. The Kier molecular flexibility index (Phi) is 4.22. The maximum absolute atomic E-state index is 12.8. The predicted molar refractivity (Wildman–Crippen MR) is 90.3 cm³/mol. The number of amides is 1. The second-order valence-electron chi connectivity index (χ2n) is 6.76. The van der Waals surface area contributed by atoms with Crippen LogP contribution in [0.3, 0.4) is 0 Å². The second-order valence-corrected chi connectivity index (χ2v) is 6.76. The number of nitrogens with one attached hydrogen (secondary N) is 1. The van der Waals surface area contributed by atoms with E-state index in [1.807, 2.05) is 32.9 Å². The third-order valence-corrected chi connectivity index (χ3v) is 4.66. The molecule has 1 N–H and O–H groups in total. The van der Waals surface area contributed by atoms with Gasteiger partial charge in [-0.2, -0.15) is 0 Å². The van der Waals surface area contributed by atoms with Gasteiger partial charge in [0.15, 0.2) is 0 Å². The van der Waals surface area contributed by atoms with E-state index in [2.05, 4.69) is 5.32 Å². The van der Waals surface area contributed by atoms with Crippen LogP contribution < -0.4 is 5.32 Å². The minimum atomic E-state index is -0.736. The van der Waals surface area contributed by atoms with Crippen molar-refractivity contribution in [3.8, 4) is 0 Å². The summed E-state index contributed by atoms with van der Waals surface area (Å²) in [5.41, 5.74) is 3.70. The molecule has 5 heteroatoms. The van der Waals surface area contributed by atoms with Crippen LogP contribution in [0.5, 0.6) is 0 Å². The summed E-state index contributed by atoms with van der Waals surface area (Å²) >= 11 is 0. The van der Waals surface area contributed by atoms with Crippen LogP contribution >= 0.6 is 0 Å². The summed E-state index contributed by atoms with van der Waals surface area (Å²) in [5.74, 6) is -0.215. The number of hydrogen-bond donors (Lipinski definition) is 1. The smallest absolute Gasteiger partial charge is 0.307 e. The van der Waals surface area contributed by atoms with Crippen LogP contribution in [0.2, 0.25) is 0 Å². The highest BCUT2D eigenvalue weighted by molar-refractivity contribution is 6.24. The molecule has 128 valence electrons. The quantitative estimate of drug-likeness (QED) is 0.847. The van der Waals surface area contributed by atoms with Crippen LogP contribution in [-0.4, -0.2) is 30.6 Å². The molecule has 1 fully saturated rings. The molecule has 0 aromatic heterocycles. The first-order chi connectivity index (χ1) is 11.3. The highest BCUT2D eigenvalue weighted by Gasteiger charge is 2.49. The topological polar surface area (TPSA) is 64.6 Å². The number of benzene rings is 1. The molecule has 2 aliphatic heterocycles. The molecule has 0 bridgehead atoms. The zero-order chi connectivity index (χ0) is 17.5. The van der Waals surface area contributed by atoms with E-state index in [-0.39, 0.29) is 5.91 Å². The van der Waals surface area contributed by atoms with Crippen molar-refractivity contribution in [3.05, 3.63) is 40.1 Å². The molecule has 24 heavy (non-hydrogen) atoms. The number of ether oxygens (including phenoxy) is 2.